The summed E-state index contributed by atoms with van der Waals surface area (Å²) >= 11 is 0. The number of hydrogen-bond acceptors (Lipinski definition) is 5. The number of carbonyl (C=O) groups excluding carboxylic acids is 2. The van der Waals surface area contributed by atoms with Crippen LogP contribution in [0.4, 0.5) is 5.69 Å². The predicted octanol–water partition coefficient (Wildman–Crippen LogP) is 4.47. The summed E-state index contributed by atoms with van der Waals surface area (Å²) in [5.74, 6) is 0.811. The van der Waals surface area contributed by atoms with Gasteiger partial charge < -0.3 is 19.1 Å². The molecule has 1 atom stereocenters. The van der Waals surface area contributed by atoms with E-state index in [-0.39, 0.29) is 11.8 Å². The van der Waals surface area contributed by atoms with E-state index in [1.807, 2.05) is 53.4 Å². The van der Waals surface area contributed by atoms with Crippen LogP contribution in [0, 0.1) is 11.3 Å². The number of nitriles is 1. The first-order valence-electron chi connectivity index (χ1n) is 12.5. The molecule has 8 heteroatoms. The lowest BCUT2D eigenvalue weighted by Gasteiger charge is -2.33. The second-order valence-electron chi connectivity index (χ2n) is 9.91. The summed E-state index contributed by atoms with van der Waals surface area (Å²) in [7, 11) is 0. The van der Waals surface area contributed by atoms with Gasteiger partial charge in [0.2, 0.25) is 0 Å². The largest absolute Gasteiger partial charge is 0.456 e. The number of benzene rings is 3. The number of hydrogen-bond donors (Lipinski definition) is 0. The predicted molar refractivity (Wildman–Crippen MR) is 136 cm³/mol. The summed E-state index contributed by atoms with van der Waals surface area (Å²) in [4.78, 5) is 35.8. The molecule has 2 amide bonds. The third-order valence-electron chi connectivity index (χ3n) is 7.93. The molecule has 6 bridgehead atoms. The van der Waals surface area contributed by atoms with E-state index in [1.165, 1.54) is 0 Å². The number of carbonyl (C=O) groups is 2. The van der Waals surface area contributed by atoms with Crippen molar-refractivity contribution in [3.8, 4) is 17.6 Å². The molecule has 0 unspecified atom stereocenters. The zero-order valence-electron chi connectivity index (χ0n) is 20.1. The van der Waals surface area contributed by atoms with Crippen molar-refractivity contribution in [1.82, 2.24) is 14.5 Å². The monoisotopic (exact) mass is 489 g/mol. The van der Waals surface area contributed by atoms with Gasteiger partial charge in [0.1, 0.15) is 28.8 Å². The normalized spacial score (nSPS) is 20.6. The van der Waals surface area contributed by atoms with Crippen molar-refractivity contribution >= 4 is 28.3 Å². The lowest BCUT2D eigenvalue weighted by molar-refractivity contribution is -0.125. The fourth-order valence-electron chi connectivity index (χ4n) is 6.11. The quantitative estimate of drug-likeness (QED) is 0.363. The van der Waals surface area contributed by atoms with Crippen molar-refractivity contribution in [2.45, 2.75) is 31.3 Å². The zero-order chi connectivity index (χ0) is 25.1. The fraction of sp³-hybridized carbons (Fsp3) is 0.241. The molecule has 1 spiro atoms. The average Bonchev–Trinajstić information content (AvgIpc) is 3.63. The van der Waals surface area contributed by atoms with Crippen LogP contribution in [0.25, 0.3) is 10.8 Å². The first-order chi connectivity index (χ1) is 18.1. The first kappa shape index (κ1) is 21.6. The summed E-state index contributed by atoms with van der Waals surface area (Å²) in [6, 6.07) is 19.3. The Morgan fingerprint density at radius 3 is 2.84 bits per heavy atom. The number of rotatable bonds is 0. The lowest BCUT2D eigenvalue weighted by Crippen LogP contribution is -2.53. The molecule has 0 N–H and O–H groups in total. The highest BCUT2D eigenvalue weighted by Gasteiger charge is 2.55. The Balaban J connectivity index is 1.45. The topological polar surface area (TPSA) is 91.5 Å². The molecule has 7 rings (SSSR count). The second kappa shape index (κ2) is 7.93. The van der Waals surface area contributed by atoms with Crippen molar-refractivity contribution in [3.63, 3.8) is 0 Å². The van der Waals surface area contributed by atoms with E-state index < -0.39 is 5.54 Å². The number of fused-ring (bicyclic) bond motifs is 6. The summed E-state index contributed by atoms with van der Waals surface area (Å²) < 4.78 is 8.04. The highest BCUT2D eigenvalue weighted by Crippen LogP contribution is 2.43. The van der Waals surface area contributed by atoms with Crippen LogP contribution in [0.2, 0.25) is 0 Å². The number of ether oxygens (including phenoxy) is 1. The lowest BCUT2D eigenvalue weighted by atomic mass is 9.94. The molecular formula is C29H23N5O3. The molecule has 4 heterocycles. The molecule has 0 radical (unpaired) electrons. The average molecular weight is 490 g/mol. The maximum atomic E-state index is 14.1. The van der Waals surface area contributed by atoms with E-state index in [4.69, 9.17) is 4.74 Å². The Kier molecular flexibility index (Phi) is 4.64. The zero-order valence-corrected chi connectivity index (χ0v) is 20.1. The Hall–Kier alpha value is -4.64. The van der Waals surface area contributed by atoms with Gasteiger partial charge >= 0.3 is 0 Å². The molecule has 2 saturated heterocycles. The van der Waals surface area contributed by atoms with Crippen LogP contribution in [-0.4, -0.2) is 44.9 Å². The summed E-state index contributed by atoms with van der Waals surface area (Å²) in [5, 5.41) is 11.6. The highest BCUT2D eigenvalue weighted by molar-refractivity contribution is 6.11. The maximum Gasteiger partial charge on any atom is 0.273 e. The SMILES string of the molecule is N#Cc1ccc2cc1Oc1ccc3cccc(c3c1)N1CC[C@]3(CCCN3C(=O)c3cncn3C2)C1=O. The van der Waals surface area contributed by atoms with Crippen molar-refractivity contribution in [1.29, 1.82) is 5.26 Å². The molecule has 3 aliphatic rings. The van der Waals surface area contributed by atoms with Gasteiger partial charge in [-0.1, -0.05) is 24.3 Å². The van der Waals surface area contributed by atoms with Crippen LogP contribution in [0.5, 0.6) is 11.5 Å². The Morgan fingerprint density at radius 1 is 1.03 bits per heavy atom. The highest BCUT2D eigenvalue weighted by atomic mass is 16.5. The van der Waals surface area contributed by atoms with Crippen LogP contribution < -0.4 is 9.64 Å². The molecule has 4 aromatic rings. The molecule has 2 fully saturated rings. The molecule has 1 aromatic heterocycles. The van der Waals surface area contributed by atoms with Crippen LogP contribution in [0.15, 0.2) is 67.1 Å². The number of aromatic nitrogens is 2. The van der Waals surface area contributed by atoms with E-state index in [0.717, 1.165) is 28.4 Å². The maximum absolute atomic E-state index is 14.1. The smallest absolute Gasteiger partial charge is 0.273 e. The Bertz CT molecular complexity index is 1650. The molecule has 0 saturated carbocycles. The molecule has 0 aliphatic carbocycles. The van der Waals surface area contributed by atoms with Gasteiger partial charge in [0.25, 0.3) is 11.8 Å². The number of amides is 2. The van der Waals surface area contributed by atoms with Gasteiger partial charge in [-0.15, -0.1) is 0 Å². The molecule has 3 aromatic carbocycles. The minimum atomic E-state index is -0.846. The van der Waals surface area contributed by atoms with E-state index in [9.17, 15) is 14.9 Å². The molecule has 182 valence electrons. The number of anilines is 1. The van der Waals surface area contributed by atoms with Crippen LogP contribution in [0.1, 0.15) is 40.9 Å². The molecule has 3 aliphatic heterocycles. The summed E-state index contributed by atoms with van der Waals surface area (Å²) in [6.45, 7) is 1.45. The van der Waals surface area contributed by atoms with Crippen molar-refractivity contribution in [2.75, 3.05) is 18.0 Å². The minimum absolute atomic E-state index is 0.0349. The van der Waals surface area contributed by atoms with E-state index in [0.29, 0.717) is 55.2 Å². The standard InChI is InChI=1S/C29H23N5O3/c30-15-21-6-5-19-13-26(21)37-22-8-7-20-3-1-4-24(23(20)14-22)33-12-10-29(28(33)36)9-2-11-34(29)27(35)25-16-31-18-32(25)17-19/h1,3-8,13-14,16,18H,2,9-12,17H2/t29-/m1/s1. The van der Waals surface area contributed by atoms with Gasteiger partial charge in [0, 0.05) is 25.0 Å². The van der Waals surface area contributed by atoms with Gasteiger partial charge in [-0.3, -0.25) is 9.59 Å². The van der Waals surface area contributed by atoms with Crippen LogP contribution in [-0.2, 0) is 11.3 Å². The molecule has 8 nitrogen and oxygen atoms in total. The second-order valence-corrected chi connectivity index (χ2v) is 9.91. The van der Waals surface area contributed by atoms with Gasteiger partial charge in [-0.2, -0.15) is 5.26 Å². The van der Waals surface area contributed by atoms with Crippen molar-refractivity contribution in [2.24, 2.45) is 0 Å². The molecule has 37 heavy (non-hydrogen) atoms. The van der Waals surface area contributed by atoms with Crippen molar-refractivity contribution < 1.29 is 14.3 Å². The third kappa shape index (κ3) is 3.17. The van der Waals surface area contributed by atoms with E-state index in [1.54, 1.807) is 28.1 Å². The third-order valence-corrected chi connectivity index (χ3v) is 7.93. The Labute approximate surface area is 213 Å². The van der Waals surface area contributed by atoms with E-state index >= 15 is 0 Å². The van der Waals surface area contributed by atoms with E-state index in [2.05, 4.69) is 11.1 Å². The van der Waals surface area contributed by atoms with Gasteiger partial charge in [-0.25, -0.2) is 4.98 Å². The van der Waals surface area contributed by atoms with Crippen molar-refractivity contribution in [3.05, 3.63) is 83.9 Å². The molecular weight excluding hydrogens is 466 g/mol. The summed E-state index contributed by atoms with van der Waals surface area (Å²) in [6.07, 6.45) is 5.23. The van der Waals surface area contributed by atoms with Crippen LogP contribution in [0.3, 0.4) is 0 Å². The summed E-state index contributed by atoms with van der Waals surface area (Å²) in [5.41, 5.74) is 1.68. The van der Waals surface area contributed by atoms with Crippen LogP contribution >= 0.6 is 0 Å². The first-order valence-corrected chi connectivity index (χ1v) is 12.5. The minimum Gasteiger partial charge on any atom is -0.456 e. The fourth-order valence-corrected chi connectivity index (χ4v) is 6.11. The Morgan fingerprint density at radius 2 is 1.95 bits per heavy atom. The van der Waals surface area contributed by atoms with Gasteiger partial charge in [-0.05, 0) is 60.5 Å². The van der Waals surface area contributed by atoms with Gasteiger partial charge in [0.05, 0.1) is 23.8 Å². The number of imidazole rings is 1. The number of nitrogens with zero attached hydrogens (tertiary/aromatic N) is 5. The van der Waals surface area contributed by atoms with Gasteiger partial charge in [0.15, 0.2) is 0 Å².